The summed E-state index contributed by atoms with van der Waals surface area (Å²) in [5.41, 5.74) is 1.29. The summed E-state index contributed by atoms with van der Waals surface area (Å²) < 4.78 is 0. The van der Waals surface area contributed by atoms with E-state index >= 15 is 0 Å². The molecule has 1 aromatic rings. The number of nitrogens with one attached hydrogen (secondary N) is 1. The number of hydrogen-bond donors (Lipinski definition) is 1. The lowest BCUT2D eigenvalue weighted by Gasteiger charge is -2.19. The van der Waals surface area contributed by atoms with Crippen LogP contribution in [0.2, 0.25) is 0 Å². The van der Waals surface area contributed by atoms with Crippen molar-refractivity contribution in [3.05, 3.63) is 29.8 Å². The third-order valence-electron chi connectivity index (χ3n) is 3.66. The molecule has 5 heteroatoms. The van der Waals surface area contributed by atoms with Crippen LogP contribution in [0.5, 0.6) is 0 Å². The highest BCUT2D eigenvalue weighted by Crippen LogP contribution is 2.17. The molecule has 1 N–H and O–H groups in total. The second-order valence-electron chi connectivity index (χ2n) is 5.41. The van der Waals surface area contributed by atoms with Gasteiger partial charge in [-0.15, -0.1) is 11.8 Å². The number of thioether (sulfide) groups is 1. The number of nitrogens with zero attached hydrogens (tertiary/aromatic N) is 1. The van der Waals surface area contributed by atoms with Crippen molar-refractivity contribution in [3.8, 4) is 0 Å². The van der Waals surface area contributed by atoms with Crippen molar-refractivity contribution in [1.29, 1.82) is 0 Å². The number of carbonyl (C=O) groups excluding carboxylic acids is 2. The molecule has 1 atom stereocenters. The molecule has 128 valence electrons. The number of rotatable bonds is 9. The Morgan fingerprint density at radius 1 is 1.22 bits per heavy atom. The predicted octanol–water partition coefficient (Wildman–Crippen LogP) is 4.03. The first-order valence-electron chi connectivity index (χ1n) is 8.35. The first-order valence-corrected chi connectivity index (χ1v) is 9.40. The highest BCUT2D eigenvalue weighted by molar-refractivity contribution is 8.00. The Labute approximate surface area is 144 Å². The Morgan fingerprint density at radius 2 is 1.91 bits per heavy atom. The molecule has 0 spiro atoms. The third-order valence-corrected chi connectivity index (χ3v) is 4.90. The molecule has 0 aliphatic rings. The minimum absolute atomic E-state index is 0.00327. The number of amides is 2. The van der Waals surface area contributed by atoms with Crippen LogP contribution < -0.4 is 5.32 Å². The zero-order chi connectivity index (χ0) is 17.2. The van der Waals surface area contributed by atoms with Crippen LogP contribution in [0.1, 0.15) is 50.9 Å². The van der Waals surface area contributed by atoms with E-state index in [-0.39, 0.29) is 17.1 Å². The smallest absolute Gasteiger partial charge is 0.253 e. The Bertz CT molecular complexity index is 515. The van der Waals surface area contributed by atoms with E-state index in [0.29, 0.717) is 24.3 Å². The van der Waals surface area contributed by atoms with Gasteiger partial charge >= 0.3 is 0 Å². The average molecular weight is 337 g/mol. The van der Waals surface area contributed by atoms with Crippen LogP contribution in [0.4, 0.5) is 5.69 Å². The van der Waals surface area contributed by atoms with Crippen LogP contribution in [-0.4, -0.2) is 40.8 Å². The summed E-state index contributed by atoms with van der Waals surface area (Å²) in [5.74, 6) is 0.973. The van der Waals surface area contributed by atoms with Gasteiger partial charge in [0.15, 0.2) is 0 Å². The second-order valence-corrected chi connectivity index (χ2v) is 6.86. The lowest BCUT2D eigenvalue weighted by atomic mass is 10.1. The predicted molar refractivity (Wildman–Crippen MR) is 99.2 cm³/mol. The topological polar surface area (TPSA) is 49.4 Å². The third kappa shape index (κ3) is 6.26. The van der Waals surface area contributed by atoms with Crippen molar-refractivity contribution in [3.63, 3.8) is 0 Å². The molecule has 0 heterocycles. The van der Waals surface area contributed by atoms with E-state index in [1.807, 2.05) is 26.8 Å². The van der Waals surface area contributed by atoms with Gasteiger partial charge in [0.25, 0.3) is 5.91 Å². The highest BCUT2D eigenvalue weighted by Gasteiger charge is 2.15. The molecule has 0 saturated carbocycles. The second kappa shape index (κ2) is 10.3. The Hall–Kier alpha value is -1.49. The van der Waals surface area contributed by atoms with Crippen molar-refractivity contribution in [2.75, 3.05) is 24.2 Å². The van der Waals surface area contributed by atoms with Gasteiger partial charge in [0.1, 0.15) is 0 Å². The molecule has 0 aliphatic heterocycles. The van der Waals surface area contributed by atoms with Crippen LogP contribution in [0.25, 0.3) is 0 Å². The summed E-state index contributed by atoms with van der Waals surface area (Å²) in [6, 6.07) is 7.17. The molecule has 1 rings (SSSR count). The maximum Gasteiger partial charge on any atom is 0.253 e. The quantitative estimate of drug-likeness (QED) is 0.693. The normalized spacial score (nSPS) is 11.8. The Kier molecular flexibility index (Phi) is 8.77. The molecule has 0 aromatic heterocycles. The average Bonchev–Trinajstić information content (AvgIpc) is 2.56. The number of anilines is 1. The maximum absolute atomic E-state index is 12.4. The minimum Gasteiger partial charge on any atom is -0.339 e. The summed E-state index contributed by atoms with van der Waals surface area (Å²) >= 11 is 1.66. The molecule has 0 bridgehead atoms. The molecule has 1 aromatic carbocycles. The monoisotopic (exact) mass is 336 g/mol. The van der Waals surface area contributed by atoms with Crippen molar-refractivity contribution in [2.45, 2.75) is 45.8 Å². The van der Waals surface area contributed by atoms with Crippen molar-refractivity contribution >= 4 is 29.3 Å². The van der Waals surface area contributed by atoms with Gasteiger partial charge in [-0.3, -0.25) is 9.59 Å². The lowest BCUT2D eigenvalue weighted by molar-refractivity contribution is -0.115. The maximum atomic E-state index is 12.4. The Morgan fingerprint density at radius 3 is 2.52 bits per heavy atom. The van der Waals surface area contributed by atoms with Crippen LogP contribution in [0.15, 0.2) is 24.3 Å². The molecule has 0 radical (unpaired) electrons. The van der Waals surface area contributed by atoms with Gasteiger partial charge in [-0.25, -0.2) is 0 Å². The molecule has 4 nitrogen and oxygen atoms in total. The van der Waals surface area contributed by atoms with Gasteiger partial charge in [0.2, 0.25) is 5.91 Å². The van der Waals surface area contributed by atoms with E-state index in [2.05, 4.69) is 12.2 Å². The van der Waals surface area contributed by atoms with E-state index in [1.54, 1.807) is 34.9 Å². The van der Waals surface area contributed by atoms with Gasteiger partial charge in [0.05, 0.1) is 5.25 Å². The zero-order valence-electron chi connectivity index (χ0n) is 14.6. The molecular weight excluding hydrogens is 308 g/mol. The fourth-order valence-electron chi connectivity index (χ4n) is 2.15. The van der Waals surface area contributed by atoms with Crippen LogP contribution in [-0.2, 0) is 4.79 Å². The van der Waals surface area contributed by atoms with Crippen molar-refractivity contribution < 1.29 is 9.59 Å². The van der Waals surface area contributed by atoms with Crippen LogP contribution in [0.3, 0.4) is 0 Å². The van der Waals surface area contributed by atoms with Crippen LogP contribution in [0, 0.1) is 0 Å². The Balaban J connectivity index is 2.69. The first kappa shape index (κ1) is 19.6. The van der Waals surface area contributed by atoms with E-state index < -0.39 is 0 Å². The van der Waals surface area contributed by atoms with Gasteiger partial charge < -0.3 is 10.2 Å². The highest BCUT2D eigenvalue weighted by atomic mass is 32.2. The number of benzene rings is 1. The van der Waals surface area contributed by atoms with Gasteiger partial charge in [0, 0.05) is 24.3 Å². The largest absolute Gasteiger partial charge is 0.339 e. The zero-order valence-corrected chi connectivity index (χ0v) is 15.4. The fourth-order valence-corrected chi connectivity index (χ4v) is 3.17. The SMILES string of the molecule is CCCCSC(C)C(=O)Nc1cccc(C(=O)N(CC)CC)c1. The molecule has 0 saturated heterocycles. The molecule has 0 aliphatic carbocycles. The van der Waals surface area contributed by atoms with Gasteiger partial charge in [-0.1, -0.05) is 19.4 Å². The van der Waals surface area contributed by atoms with E-state index in [4.69, 9.17) is 0 Å². The van der Waals surface area contributed by atoms with Gasteiger partial charge in [-0.2, -0.15) is 0 Å². The number of carbonyl (C=O) groups is 2. The molecule has 0 fully saturated rings. The summed E-state index contributed by atoms with van der Waals surface area (Å²) in [4.78, 5) is 26.3. The first-order chi connectivity index (χ1) is 11.0. The van der Waals surface area contributed by atoms with E-state index in [0.717, 1.165) is 18.6 Å². The van der Waals surface area contributed by atoms with E-state index in [1.165, 1.54) is 0 Å². The number of hydrogen-bond acceptors (Lipinski definition) is 3. The van der Waals surface area contributed by atoms with Gasteiger partial charge in [-0.05, 0) is 51.1 Å². The fraction of sp³-hybridized carbons (Fsp3) is 0.556. The standard InChI is InChI=1S/C18H28N2O2S/c1-5-8-12-23-14(4)17(21)19-16-11-9-10-15(13-16)18(22)20(6-2)7-3/h9-11,13-14H,5-8,12H2,1-4H3,(H,19,21). The summed E-state index contributed by atoms with van der Waals surface area (Å²) in [6.45, 7) is 9.34. The van der Waals surface area contributed by atoms with E-state index in [9.17, 15) is 9.59 Å². The lowest BCUT2D eigenvalue weighted by Crippen LogP contribution is -2.30. The molecule has 2 amide bonds. The minimum atomic E-state index is -0.0938. The van der Waals surface area contributed by atoms with Crippen molar-refractivity contribution in [1.82, 2.24) is 4.90 Å². The molecule has 1 unspecified atom stereocenters. The molecular formula is C18H28N2O2S. The summed E-state index contributed by atoms with van der Waals surface area (Å²) in [7, 11) is 0. The van der Waals surface area contributed by atoms with Crippen LogP contribution >= 0.6 is 11.8 Å². The van der Waals surface area contributed by atoms with Crippen molar-refractivity contribution in [2.24, 2.45) is 0 Å². The molecule has 23 heavy (non-hydrogen) atoms. The number of unbranched alkanes of at least 4 members (excludes halogenated alkanes) is 1. The summed E-state index contributed by atoms with van der Waals surface area (Å²) in [5, 5.41) is 2.81. The summed E-state index contributed by atoms with van der Waals surface area (Å²) in [6.07, 6.45) is 2.26.